The Morgan fingerprint density at radius 2 is 1.24 bits per heavy atom. The van der Waals surface area contributed by atoms with Crippen molar-refractivity contribution in [3.05, 3.63) is 36.4 Å². The summed E-state index contributed by atoms with van der Waals surface area (Å²) in [5.41, 5.74) is 0. The average Bonchev–Trinajstić information content (AvgIpc) is 2.54. The molecule has 2 aromatic carbocycles. The van der Waals surface area contributed by atoms with Gasteiger partial charge in [0, 0.05) is 9.79 Å². The van der Waals surface area contributed by atoms with Crippen LogP contribution in [0.3, 0.4) is 0 Å². The van der Waals surface area contributed by atoms with Crippen molar-refractivity contribution in [1.29, 1.82) is 0 Å². The smallest absolute Gasteiger partial charge is 0.203 e. The molecule has 2 aromatic rings. The minimum atomic E-state index is 0.596. The average molecular weight is 306 g/mol. The van der Waals surface area contributed by atoms with Crippen LogP contribution in [0.5, 0.6) is 23.0 Å². The van der Waals surface area contributed by atoms with E-state index in [0.717, 1.165) is 15.5 Å². The summed E-state index contributed by atoms with van der Waals surface area (Å²) in [6.45, 7) is 0. The maximum Gasteiger partial charge on any atom is 0.203 e. The van der Waals surface area contributed by atoms with Crippen molar-refractivity contribution < 1.29 is 18.9 Å². The molecule has 5 heteroatoms. The number of rotatable bonds is 6. The molecule has 0 radical (unpaired) electrons. The molecule has 4 nitrogen and oxygen atoms in total. The Kier molecular flexibility index (Phi) is 5.22. The summed E-state index contributed by atoms with van der Waals surface area (Å²) in [7, 11) is 6.47. The number of benzene rings is 2. The molecule has 2 rings (SSSR count). The minimum Gasteiger partial charge on any atom is -0.497 e. The lowest BCUT2D eigenvalue weighted by Crippen LogP contribution is -1.95. The van der Waals surface area contributed by atoms with Crippen LogP contribution in [-0.2, 0) is 0 Å². The zero-order chi connectivity index (χ0) is 15.2. The molecular formula is C16H18O4S. The zero-order valence-electron chi connectivity index (χ0n) is 12.5. The minimum absolute atomic E-state index is 0.596. The molecule has 0 unspecified atom stereocenters. The maximum atomic E-state index is 5.36. The van der Waals surface area contributed by atoms with Crippen molar-refractivity contribution in [3.63, 3.8) is 0 Å². The monoisotopic (exact) mass is 306 g/mol. The highest BCUT2D eigenvalue weighted by molar-refractivity contribution is 7.99. The van der Waals surface area contributed by atoms with Crippen molar-refractivity contribution in [2.45, 2.75) is 9.79 Å². The lowest BCUT2D eigenvalue weighted by Gasteiger charge is -2.14. The molecule has 0 atom stereocenters. The first kappa shape index (κ1) is 15.4. The van der Waals surface area contributed by atoms with Gasteiger partial charge in [-0.3, -0.25) is 0 Å². The molecule has 0 amide bonds. The van der Waals surface area contributed by atoms with E-state index in [1.165, 1.54) is 0 Å². The van der Waals surface area contributed by atoms with Gasteiger partial charge in [-0.05, 0) is 36.4 Å². The Balaban J connectivity index is 2.30. The van der Waals surface area contributed by atoms with Gasteiger partial charge in [0.2, 0.25) is 5.75 Å². The predicted molar refractivity (Wildman–Crippen MR) is 83.2 cm³/mol. The Morgan fingerprint density at radius 1 is 0.667 bits per heavy atom. The van der Waals surface area contributed by atoms with Crippen LogP contribution in [0.2, 0.25) is 0 Å². The Morgan fingerprint density at radius 3 is 1.67 bits per heavy atom. The van der Waals surface area contributed by atoms with Crippen LogP contribution >= 0.6 is 11.8 Å². The van der Waals surface area contributed by atoms with E-state index in [0.29, 0.717) is 17.2 Å². The first-order valence-corrected chi connectivity index (χ1v) is 7.15. The van der Waals surface area contributed by atoms with E-state index >= 15 is 0 Å². The van der Waals surface area contributed by atoms with Gasteiger partial charge in [-0.1, -0.05) is 11.8 Å². The Hall–Kier alpha value is -2.01. The van der Waals surface area contributed by atoms with E-state index in [4.69, 9.17) is 18.9 Å². The summed E-state index contributed by atoms with van der Waals surface area (Å²) >= 11 is 1.61. The molecule has 21 heavy (non-hydrogen) atoms. The van der Waals surface area contributed by atoms with Gasteiger partial charge >= 0.3 is 0 Å². The van der Waals surface area contributed by atoms with Crippen molar-refractivity contribution in [2.75, 3.05) is 28.4 Å². The van der Waals surface area contributed by atoms with Gasteiger partial charge in [-0.2, -0.15) is 0 Å². The molecule has 0 saturated heterocycles. The van der Waals surface area contributed by atoms with Crippen LogP contribution in [0.25, 0.3) is 0 Å². The standard InChI is InChI=1S/C16H18O4S/c1-17-11-5-7-12(8-6-11)21-13-9-14(18-2)16(20-4)15(10-13)19-3/h5-10H,1-4H3. The second-order valence-electron chi connectivity index (χ2n) is 4.14. The SMILES string of the molecule is COc1ccc(Sc2cc(OC)c(OC)c(OC)c2)cc1. The normalized spacial score (nSPS) is 10.1. The lowest BCUT2D eigenvalue weighted by atomic mass is 10.3. The van der Waals surface area contributed by atoms with Crippen molar-refractivity contribution in [2.24, 2.45) is 0 Å². The zero-order valence-corrected chi connectivity index (χ0v) is 13.3. The molecule has 0 aliphatic rings. The van der Waals surface area contributed by atoms with Crippen LogP contribution in [0.15, 0.2) is 46.2 Å². The summed E-state index contributed by atoms with van der Waals surface area (Å²) in [4.78, 5) is 2.11. The molecule has 0 aromatic heterocycles. The molecule has 112 valence electrons. The van der Waals surface area contributed by atoms with E-state index in [1.807, 2.05) is 36.4 Å². The third kappa shape index (κ3) is 3.55. The fraction of sp³-hybridized carbons (Fsp3) is 0.250. The van der Waals surface area contributed by atoms with Gasteiger partial charge in [0.15, 0.2) is 11.5 Å². The highest BCUT2D eigenvalue weighted by Gasteiger charge is 2.13. The molecule has 0 aliphatic heterocycles. The van der Waals surface area contributed by atoms with E-state index in [9.17, 15) is 0 Å². The highest BCUT2D eigenvalue weighted by atomic mass is 32.2. The summed E-state index contributed by atoms with van der Waals surface area (Å²) in [6.07, 6.45) is 0. The van der Waals surface area contributed by atoms with Crippen LogP contribution in [0, 0.1) is 0 Å². The Labute approximate surface area is 129 Å². The second-order valence-corrected chi connectivity index (χ2v) is 5.29. The molecular weight excluding hydrogens is 288 g/mol. The second kappa shape index (κ2) is 7.13. The third-order valence-corrected chi connectivity index (χ3v) is 3.91. The topological polar surface area (TPSA) is 36.9 Å². The molecule has 0 spiro atoms. The van der Waals surface area contributed by atoms with Gasteiger partial charge in [0.05, 0.1) is 28.4 Å². The Bertz CT molecular complexity index is 571. The van der Waals surface area contributed by atoms with Crippen molar-refractivity contribution in [3.8, 4) is 23.0 Å². The summed E-state index contributed by atoms with van der Waals surface area (Å²) in [5, 5.41) is 0. The number of methoxy groups -OCH3 is 4. The van der Waals surface area contributed by atoms with Gasteiger partial charge in [0.1, 0.15) is 5.75 Å². The largest absolute Gasteiger partial charge is 0.497 e. The van der Waals surface area contributed by atoms with E-state index in [2.05, 4.69) is 0 Å². The number of hydrogen-bond acceptors (Lipinski definition) is 5. The number of ether oxygens (including phenoxy) is 4. The van der Waals surface area contributed by atoms with Gasteiger partial charge < -0.3 is 18.9 Å². The quantitative estimate of drug-likeness (QED) is 0.809. The molecule has 0 heterocycles. The lowest BCUT2D eigenvalue weighted by molar-refractivity contribution is 0.323. The van der Waals surface area contributed by atoms with Crippen LogP contribution in [0.4, 0.5) is 0 Å². The van der Waals surface area contributed by atoms with Gasteiger partial charge in [-0.15, -0.1) is 0 Å². The number of hydrogen-bond donors (Lipinski definition) is 0. The first-order chi connectivity index (χ1) is 10.2. The maximum absolute atomic E-state index is 5.36. The van der Waals surface area contributed by atoms with Gasteiger partial charge in [0.25, 0.3) is 0 Å². The fourth-order valence-corrected chi connectivity index (χ4v) is 2.77. The van der Waals surface area contributed by atoms with Gasteiger partial charge in [-0.25, -0.2) is 0 Å². The van der Waals surface area contributed by atoms with Crippen molar-refractivity contribution >= 4 is 11.8 Å². The molecule has 0 bridgehead atoms. The summed E-state index contributed by atoms with van der Waals surface area (Å²) in [6, 6.07) is 11.7. The van der Waals surface area contributed by atoms with E-state index in [1.54, 1.807) is 40.2 Å². The molecule has 0 N–H and O–H groups in total. The summed E-state index contributed by atoms with van der Waals surface area (Å²) in [5.74, 6) is 2.73. The third-order valence-electron chi connectivity index (χ3n) is 2.93. The summed E-state index contributed by atoms with van der Waals surface area (Å²) < 4.78 is 21.2. The molecule has 0 fully saturated rings. The van der Waals surface area contributed by atoms with Crippen LogP contribution in [-0.4, -0.2) is 28.4 Å². The first-order valence-electron chi connectivity index (χ1n) is 6.33. The van der Waals surface area contributed by atoms with Crippen LogP contribution in [0.1, 0.15) is 0 Å². The molecule has 0 aliphatic carbocycles. The van der Waals surface area contributed by atoms with Crippen LogP contribution < -0.4 is 18.9 Å². The van der Waals surface area contributed by atoms with E-state index < -0.39 is 0 Å². The fourth-order valence-electron chi connectivity index (χ4n) is 1.90. The highest BCUT2D eigenvalue weighted by Crippen LogP contribution is 2.42. The molecule has 0 saturated carbocycles. The predicted octanol–water partition coefficient (Wildman–Crippen LogP) is 3.87. The van der Waals surface area contributed by atoms with E-state index in [-0.39, 0.29) is 0 Å². The van der Waals surface area contributed by atoms with Crippen molar-refractivity contribution in [1.82, 2.24) is 0 Å².